The number of alkyl halides is 1. The highest BCUT2D eigenvalue weighted by molar-refractivity contribution is 7.81. The van der Waals surface area contributed by atoms with E-state index in [-0.39, 0.29) is 30.6 Å². The van der Waals surface area contributed by atoms with Gasteiger partial charge >= 0.3 is 5.97 Å². The Hall–Kier alpha value is -0.240. The molecule has 16 heavy (non-hydrogen) atoms. The molecule has 0 amide bonds. The molecule has 0 aromatic carbocycles. The van der Waals surface area contributed by atoms with Crippen molar-refractivity contribution in [2.45, 2.75) is 24.3 Å². The highest BCUT2D eigenvalue weighted by Gasteiger charge is 2.27. The van der Waals surface area contributed by atoms with Crippen molar-refractivity contribution in [2.75, 3.05) is 6.67 Å². The zero-order chi connectivity index (χ0) is 11.3. The molecular formula is C7H16Cl2FN3O2S. The van der Waals surface area contributed by atoms with Gasteiger partial charge in [0.25, 0.3) is 0 Å². The van der Waals surface area contributed by atoms with Gasteiger partial charge in [-0.05, 0) is 6.92 Å². The third kappa shape index (κ3) is 7.10. The van der Waals surface area contributed by atoms with Gasteiger partial charge in [0.15, 0.2) is 6.04 Å². The van der Waals surface area contributed by atoms with E-state index in [0.717, 1.165) is 0 Å². The van der Waals surface area contributed by atoms with Crippen molar-refractivity contribution in [1.29, 1.82) is 0 Å². The number of amidine groups is 1. The molecule has 0 radical (unpaired) electrons. The number of carbonyl (C=O) groups is 1. The van der Waals surface area contributed by atoms with Crippen LogP contribution >= 0.6 is 37.4 Å². The third-order valence-electron chi connectivity index (χ3n) is 1.56. The topological polar surface area (TPSA) is 102 Å². The van der Waals surface area contributed by atoms with E-state index in [0.29, 0.717) is 0 Å². The molecular weight excluding hydrogens is 280 g/mol. The van der Waals surface area contributed by atoms with Gasteiger partial charge in [0.05, 0.1) is 0 Å². The fourth-order valence-corrected chi connectivity index (χ4v) is 0.973. The smallest absolute Gasteiger partial charge is 0.329 e. The maximum absolute atomic E-state index is 12.0. The number of thiol groups is 1. The van der Waals surface area contributed by atoms with E-state index >= 15 is 0 Å². The van der Waals surface area contributed by atoms with Gasteiger partial charge in [-0.1, -0.05) is 0 Å². The summed E-state index contributed by atoms with van der Waals surface area (Å²) in [6.07, 6.45) is 0. The first-order valence-electron chi connectivity index (χ1n) is 3.94. The van der Waals surface area contributed by atoms with E-state index in [4.69, 9.17) is 16.6 Å². The Morgan fingerprint density at radius 1 is 1.56 bits per heavy atom. The lowest BCUT2D eigenvalue weighted by Crippen LogP contribution is -2.41. The predicted octanol–water partition coefficient (Wildman–Crippen LogP) is 0.256. The van der Waals surface area contributed by atoms with Crippen molar-refractivity contribution in [3.63, 3.8) is 0 Å². The third-order valence-corrected chi connectivity index (χ3v) is 2.31. The lowest BCUT2D eigenvalue weighted by Gasteiger charge is -2.19. The molecule has 0 saturated carbocycles. The monoisotopic (exact) mass is 295 g/mol. The second kappa shape index (κ2) is 9.95. The lowest BCUT2D eigenvalue weighted by molar-refractivity contribution is -0.138. The van der Waals surface area contributed by atoms with Gasteiger partial charge in [-0.15, -0.1) is 24.8 Å². The van der Waals surface area contributed by atoms with Gasteiger partial charge in [-0.3, -0.25) is 4.99 Å². The molecule has 0 aliphatic heterocycles. The van der Waals surface area contributed by atoms with Crippen molar-refractivity contribution >= 4 is 49.2 Å². The van der Waals surface area contributed by atoms with Gasteiger partial charge in [0.1, 0.15) is 12.5 Å². The van der Waals surface area contributed by atoms with Crippen LogP contribution in [0, 0.1) is 0 Å². The second-order valence-electron chi connectivity index (χ2n) is 2.89. The molecule has 98 valence electrons. The number of carboxylic acid groups (broad SMARTS) is 1. The SMILES string of the molecule is CC(N)C(S)[C@H](N=C(N)CF)C(=O)O.Cl.Cl. The molecule has 0 spiro atoms. The number of rotatable bonds is 5. The Morgan fingerprint density at radius 2 is 2.00 bits per heavy atom. The van der Waals surface area contributed by atoms with Crippen LogP contribution in [0.2, 0.25) is 0 Å². The van der Waals surface area contributed by atoms with Crippen LogP contribution in [0.3, 0.4) is 0 Å². The number of nitrogens with two attached hydrogens (primary N) is 2. The zero-order valence-electron chi connectivity index (χ0n) is 8.54. The van der Waals surface area contributed by atoms with E-state index in [1.54, 1.807) is 6.92 Å². The number of hydrogen-bond acceptors (Lipinski definition) is 4. The Labute approximate surface area is 111 Å². The van der Waals surface area contributed by atoms with Crippen molar-refractivity contribution in [1.82, 2.24) is 0 Å². The molecule has 9 heteroatoms. The van der Waals surface area contributed by atoms with E-state index in [1.807, 2.05) is 0 Å². The lowest BCUT2D eigenvalue weighted by atomic mass is 10.1. The van der Waals surface area contributed by atoms with Crippen molar-refractivity contribution in [3.05, 3.63) is 0 Å². The zero-order valence-corrected chi connectivity index (χ0v) is 11.1. The molecule has 5 N–H and O–H groups in total. The minimum absolute atomic E-state index is 0. The fraction of sp³-hybridized carbons (Fsp3) is 0.714. The fourth-order valence-electron chi connectivity index (χ4n) is 0.778. The average Bonchev–Trinajstić information content (AvgIpc) is 2.11. The summed E-state index contributed by atoms with van der Waals surface area (Å²) in [4.78, 5) is 14.2. The highest BCUT2D eigenvalue weighted by Crippen LogP contribution is 2.10. The predicted molar refractivity (Wildman–Crippen MR) is 69.9 cm³/mol. The van der Waals surface area contributed by atoms with Gasteiger partial charge in [-0.25, -0.2) is 9.18 Å². The molecule has 0 aromatic heterocycles. The van der Waals surface area contributed by atoms with E-state index in [9.17, 15) is 9.18 Å². The number of aliphatic imine (C=N–C) groups is 1. The van der Waals surface area contributed by atoms with Crippen LogP contribution in [0.5, 0.6) is 0 Å². The number of nitrogens with zero attached hydrogens (tertiary/aromatic N) is 1. The summed E-state index contributed by atoms with van der Waals surface area (Å²) in [5.41, 5.74) is 10.5. The van der Waals surface area contributed by atoms with Gasteiger partial charge < -0.3 is 16.6 Å². The van der Waals surface area contributed by atoms with Crippen LogP contribution in [0.1, 0.15) is 6.92 Å². The quantitative estimate of drug-likeness (QED) is 0.332. The van der Waals surface area contributed by atoms with Crippen LogP contribution < -0.4 is 11.5 Å². The summed E-state index contributed by atoms with van der Waals surface area (Å²) in [6, 6.07) is -1.69. The number of carboxylic acids is 1. The normalized spacial score (nSPS) is 16.4. The van der Waals surface area contributed by atoms with Crippen LogP contribution in [-0.4, -0.2) is 40.9 Å². The highest BCUT2D eigenvalue weighted by atomic mass is 35.5. The molecule has 0 aliphatic carbocycles. The molecule has 3 atom stereocenters. The van der Waals surface area contributed by atoms with Crippen molar-refractivity contribution in [2.24, 2.45) is 16.5 Å². The van der Waals surface area contributed by atoms with Crippen LogP contribution in [-0.2, 0) is 4.79 Å². The van der Waals surface area contributed by atoms with Gasteiger partial charge in [0.2, 0.25) is 0 Å². The molecule has 0 saturated heterocycles. The van der Waals surface area contributed by atoms with Crippen molar-refractivity contribution in [3.8, 4) is 0 Å². The molecule has 0 rings (SSSR count). The molecule has 0 fully saturated rings. The standard InChI is InChI=1S/C7H14FN3O2S.2ClH/c1-3(9)6(14)5(7(12)13)11-4(10)2-8;;/h3,5-6,14H,2,9H2,1H3,(H2,10,11)(H,12,13);2*1H/t3?,5-,6?;;/m0../s1. The molecule has 0 aliphatic rings. The largest absolute Gasteiger partial charge is 0.480 e. The average molecular weight is 296 g/mol. The van der Waals surface area contributed by atoms with Crippen molar-refractivity contribution < 1.29 is 14.3 Å². The second-order valence-corrected chi connectivity index (χ2v) is 3.48. The Kier molecular flexibility index (Phi) is 13.1. The maximum Gasteiger partial charge on any atom is 0.329 e. The van der Waals surface area contributed by atoms with Crippen LogP contribution in [0.4, 0.5) is 4.39 Å². The molecule has 0 aromatic rings. The summed E-state index contributed by atoms with van der Waals surface area (Å²) in [7, 11) is 0. The van der Waals surface area contributed by atoms with E-state index in [2.05, 4.69) is 17.6 Å². The van der Waals surface area contributed by atoms with Gasteiger partial charge in [-0.2, -0.15) is 12.6 Å². The minimum Gasteiger partial charge on any atom is -0.480 e. The molecule has 2 unspecified atom stereocenters. The number of halogens is 3. The van der Waals surface area contributed by atoms with Crippen LogP contribution in [0.25, 0.3) is 0 Å². The molecule has 5 nitrogen and oxygen atoms in total. The summed E-state index contributed by atoms with van der Waals surface area (Å²) in [5.74, 6) is -1.59. The van der Waals surface area contributed by atoms with Crippen LogP contribution in [0.15, 0.2) is 4.99 Å². The van der Waals surface area contributed by atoms with Gasteiger partial charge in [0, 0.05) is 11.3 Å². The summed E-state index contributed by atoms with van der Waals surface area (Å²) < 4.78 is 12.0. The number of hydrogen-bond donors (Lipinski definition) is 4. The Balaban J connectivity index is -0.000000845. The minimum atomic E-state index is -1.22. The Bertz CT molecular complexity index is 244. The summed E-state index contributed by atoms with van der Waals surface area (Å²) >= 11 is 3.98. The Morgan fingerprint density at radius 3 is 2.25 bits per heavy atom. The van der Waals surface area contributed by atoms with E-state index < -0.39 is 30.0 Å². The maximum atomic E-state index is 12.0. The summed E-state index contributed by atoms with van der Waals surface area (Å²) in [5, 5.41) is 8.05. The summed E-state index contributed by atoms with van der Waals surface area (Å²) in [6.45, 7) is 0.609. The first-order valence-corrected chi connectivity index (χ1v) is 4.46. The van der Waals surface area contributed by atoms with E-state index in [1.165, 1.54) is 0 Å². The first-order chi connectivity index (χ1) is 6.40. The first kappa shape index (κ1) is 21.1. The number of aliphatic carboxylic acids is 1. The molecule has 0 bridgehead atoms. The molecule has 0 heterocycles.